The summed E-state index contributed by atoms with van der Waals surface area (Å²) in [6.07, 6.45) is -4.45. The van der Waals surface area contributed by atoms with E-state index < -0.39 is 23.6 Å². The lowest BCUT2D eigenvalue weighted by Crippen LogP contribution is -2.26. The molecule has 1 rings (SSSR count). The van der Waals surface area contributed by atoms with Gasteiger partial charge >= 0.3 is 6.18 Å². The van der Waals surface area contributed by atoms with E-state index in [2.05, 4.69) is 5.32 Å². The molecule has 0 radical (unpaired) electrons. The van der Waals surface area contributed by atoms with E-state index in [1.165, 1.54) is 0 Å². The number of alkyl halides is 3. The van der Waals surface area contributed by atoms with Crippen molar-refractivity contribution in [3.8, 4) is 0 Å². The minimum atomic E-state index is -4.45. The quantitative estimate of drug-likeness (QED) is 0.805. The molecule has 0 aromatic heterocycles. The number of nitrogens with one attached hydrogen (secondary N) is 1. The van der Waals surface area contributed by atoms with E-state index in [1.807, 2.05) is 20.8 Å². The van der Waals surface area contributed by atoms with Crippen LogP contribution >= 0.6 is 0 Å². The summed E-state index contributed by atoms with van der Waals surface area (Å²) in [4.78, 5) is 0. The highest BCUT2D eigenvalue weighted by Gasteiger charge is 2.32. The molecule has 0 spiro atoms. The van der Waals surface area contributed by atoms with Gasteiger partial charge in [0.2, 0.25) is 0 Å². The van der Waals surface area contributed by atoms with Crippen molar-refractivity contribution >= 4 is 0 Å². The molecular formula is C13H17F4N. The molecule has 0 heterocycles. The van der Waals surface area contributed by atoms with Crippen LogP contribution in [-0.4, -0.2) is 6.54 Å². The van der Waals surface area contributed by atoms with E-state index in [4.69, 9.17) is 0 Å². The van der Waals surface area contributed by atoms with Crippen LogP contribution in [0.25, 0.3) is 0 Å². The van der Waals surface area contributed by atoms with Gasteiger partial charge in [-0.2, -0.15) is 13.2 Å². The number of halogens is 4. The number of hydrogen-bond acceptors (Lipinski definition) is 1. The van der Waals surface area contributed by atoms with Gasteiger partial charge in [0.15, 0.2) is 0 Å². The first-order valence-electron chi connectivity index (χ1n) is 5.87. The van der Waals surface area contributed by atoms with Gasteiger partial charge in [-0.3, -0.25) is 0 Å². The van der Waals surface area contributed by atoms with E-state index >= 15 is 0 Å². The van der Waals surface area contributed by atoms with Crippen molar-refractivity contribution in [2.75, 3.05) is 6.54 Å². The second-order valence-electron chi connectivity index (χ2n) is 4.51. The lowest BCUT2D eigenvalue weighted by Gasteiger charge is -2.23. The smallest absolute Gasteiger partial charge is 0.310 e. The predicted octanol–water partition coefficient (Wildman–Crippen LogP) is 4.15. The summed E-state index contributed by atoms with van der Waals surface area (Å²) in [5.74, 6) is -0.606. The molecule has 0 saturated heterocycles. The Morgan fingerprint density at radius 3 is 2.28 bits per heavy atom. The molecule has 0 aliphatic carbocycles. The first-order chi connectivity index (χ1) is 8.27. The molecular weight excluding hydrogens is 246 g/mol. The molecule has 18 heavy (non-hydrogen) atoms. The maximum atomic E-state index is 13.7. The highest BCUT2D eigenvalue weighted by Crippen LogP contribution is 2.33. The van der Waals surface area contributed by atoms with Crippen LogP contribution in [0.1, 0.15) is 37.9 Å². The van der Waals surface area contributed by atoms with Gasteiger partial charge in [0.25, 0.3) is 0 Å². The maximum absolute atomic E-state index is 13.7. The Morgan fingerprint density at radius 2 is 1.83 bits per heavy atom. The van der Waals surface area contributed by atoms with Crippen molar-refractivity contribution in [3.63, 3.8) is 0 Å². The average Bonchev–Trinajstić information content (AvgIpc) is 2.25. The summed E-state index contributed by atoms with van der Waals surface area (Å²) in [6.45, 7) is 6.08. The van der Waals surface area contributed by atoms with Crippen LogP contribution in [0.15, 0.2) is 18.2 Å². The van der Waals surface area contributed by atoms with Gasteiger partial charge in [-0.05, 0) is 30.7 Å². The normalized spacial score (nSPS) is 14.0. The van der Waals surface area contributed by atoms with Crippen molar-refractivity contribution < 1.29 is 17.6 Å². The van der Waals surface area contributed by atoms with E-state index in [0.717, 1.165) is 18.2 Å². The second-order valence-corrected chi connectivity index (χ2v) is 4.51. The molecule has 0 aliphatic heterocycles. The zero-order valence-corrected chi connectivity index (χ0v) is 10.6. The van der Waals surface area contributed by atoms with Crippen molar-refractivity contribution in [2.45, 2.75) is 33.0 Å². The Morgan fingerprint density at radius 1 is 1.22 bits per heavy atom. The fourth-order valence-electron chi connectivity index (χ4n) is 1.88. The van der Waals surface area contributed by atoms with Crippen molar-refractivity contribution in [2.24, 2.45) is 5.92 Å². The van der Waals surface area contributed by atoms with Gasteiger partial charge in [0.05, 0.1) is 5.56 Å². The predicted molar refractivity (Wildman–Crippen MR) is 62.7 cm³/mol. The molecule has 0 aliphatic rings. The van der Waals surface area contributed by atoms with Crippen molar-refractivity contribution in [3.05, 3.63) is 35.1 Å². The number of hydrogen-bond donors (Lipinski definition) is 1. The third-order valence-electron chi connectivity index (χ3n) is 2.75. The molecule has 0 fully saturated rings. The zero-order chi connectivity index (χ0) is 13.9. The molecule has 1 atom stereocenters. The number of benzene rings is 1. The molecule has 0 amide bonds. The molecule has 1 aromatic rings. The molecule has 0 saturated carbocycles. The largest absolute Gasteiger partial charge is 0.416 e. The van der Waals surface area contributed by atoms with Crippen LogP contribution in [-0.2, 0) is 6.18 Å². The summed E-state index contributed by atoms with van der Waals surface area (Å²) in [5.41, 5.74) is -0.746. The first kappa shape index (κ1) is 15.0. The van der Waals surface area contributed by atoms with Gasteiger partial charge < -0.3 is 5.32 Å². The third-order valence-corrected chi connectivity index (χ3v) is 2.75. The Balaban J connectivity index is 3.20. The van der Waals surface area contributed by atoms with E-state index in [-0.39, 0.29) is 11.5 Å². The molecule has 0 bridgehead atoms. The summed E-state index contributed by atoms with van der Waals surface area (Å²) in [5, 5.41) is 3.01. The molecule has 1 nitrogen and oxygen atoms in total. The van der Waals surface area contributed by atoms with E-state index in [9.17, 15) is 17.6 Å². The molecule has 1 unspecified atom stereocenters. The molecule has 5 heteroatoms. The van der Waals surface area contributed by atoms with Crippen LogP contribution in [0, 0.1) is 11.7 Å². The van der Waals surface area contributed by atoms with Gasteiger partial charge in [-0.1, -0.05) is 20.8 Å². The molecule has 1 aromatic carbocycles. The highest BCUT2D eigenvalue weighted by molar-refractivity contribution is 5.29. The fourth-order valence-corrected chi connectivity index (χ4v) is 1.88. The van der Waals surface area contributed by atoms with Crippen molar-refractivity contribution in [1.82, 2.24) is 5.32 Å². The van der Waals surface area contributed by atoms with E-state index in [0.29, 0.717) is 6.54 Å². The van der Waals surface area contributed by atoms with Gasteiger partial charge in [0, 0.05) is 11.6 Å². The first-order valence-corrected chi connectivity index (χ1v) is 5.87. The lowest BCUT2D eigenvalue weighted by molar-refractivity contribution is -0.137. The SMILES string of the molecule is CCNC(c1cc(C(F)(F)F)ccc1F)C(C)C. The summed E-state index contributed by atoms with van der Waals surface area (Å²) in [7, 11) is 0. The van der Waals surface area contributed by atoms with Crippen LogP contribution < -0.4 is 5.32 Å². The Bertz CT molecular complexity index is 398. The van der Waals surface area contributed by atoms with Crippen LogP contribution in [0.5, 0.6) is 0 Å². The fraction of sp³-hybridized carbons (Fsp3) is 0.538. The van der Waals surface area contributed by atoms with Crippen LogP contribution in [0.4, 0.5) is 17.6 Å². The minimum absolute atomic E-state index is 0.00272. The van der Waals surface area contributed by atoms with Crippen LogP contribution in [0.3, 0.4) is 0 Å². The monoisotopic (exact) mass is 263 g/mol. The van der Waals surface area contributed by atoms with Crippen molar-refractivity contribution in [1.29, 1.82) is 0 Å². The van der Waals surface area contributed by atoms with Gasteiger partial charge in [0.1, 0.15) is 5.82 Å². The highest BCUT2D eigenvalue weighted by atomic mass is 19.4. The standard InChI is InChI=1S/C13H17F4N/c1-4-18-12(8(2)3)10-7-9(13(15,16)17)5-6-11(10)14/h5-8,12,18H,4H2,1-3H3. The second kappa shape index (κ2) is 5.69. The minimum Gasteiger partial charge on any atom is -0.310 e. The average molecular weight is 263 g/mol. The summed E-state index contributed by atoms with van der Waals surface area (Å²) < 4.78 is 51.5. The summed E-state index contributed by atoms with van der Waals surface area (Å²) >= 11 is 0. The third kappa shape index (κ3) is 3.45. The molecule has 102 valence electrons. The Kier molecular flexibility index (Phi) is 4.73. The lowest BCUT2D eigenvalue weighted by atomic mass is 9.94. The van der Waals surface area contributed by atoms with Gasteiger partial charge in [-0.25, -0.2) is 4.39 Å². The summed E-state index contributed by atoms with van der Waals surface area (Å²) in [6, 6.07) is 2.12. The topological polar surface area (TPSA) is 12.0 Å². The Labute approximate surface area is 104 Å². The Hall–Kier alpha value is -1.10. The zero-order valence-electron chi connectivity index (χ0n) is 10.6. The number of rotatable bonds is 4. The van der Waals surface area contributed by atoms with Gasteiger partial charge in [-0.15, -0.1) is 0 Å². The molecule has 1 N–H and O–H groups in total. The maximum Gasteiger partial charge on any atom is 0.416 e. The van der Waals surface area contributed by atoms with Crippen LogP contribution in [0.2, 0.25) is 0 Å². The van der Waals surface area contributed by atoms with E-state index in [1.54, 1.807) is 0 Å².